The summed E-state index contributed by atoms with van der Waals surface area (Å²) in [6.45, 7) is 2.32. The molecule has 0 aliphatic carbocycles. The average Bonchev–Trinajstić information content (AvgIpc) is 3.25. The molecular weight excluding hydrogens is 378 g/mol. The van der Waals surface area contributed by atoms with Crippen molar-refractivity contribution >= 4 is 44.3 Å². The van der Waals surface area contributed by atoms with E-state index in [1.54, 1.807) is 41.9 Å². The molecule has 0 fully saturated rings. The summed E-state index contributed by atoms with van der Waals surface area (Å²) in [4.78, 5) is 17.3. The fourth-order valence-corrected chi connectivity index (χ4v) is 4.85. The highest BCUT2D eigenvalue weighted by molar-refractivity contribution is 7.94. The summed E-state index contributed by atoms with van der Waals surface area (Å²) in [6.07, 6.45) is 1.74. The Morgan fingerprint density at radius 1 is 1.20 bits per heavy atom. The standard InChI is InChI=1S/C16H15N3O3S3/c1-11-17-9-14(24-11)10-18-16(20)12-4-6-13(7-5-12)19-25(21,22)15-3-2-8-23-15/h2-9,19H,10H2,1H3,(H,18,20). The quantitative estimate of drug-likeness (QED) is 0.673. The lowest BCUT2D eigenvalue weighted by atomic mass is 10.2. The first-order valence-electron chi connectivity index (χ1n) is 7.30. The van der Waals surface area contributed by atoms with Crippen molar-refractivity contribution in [2.75, 3.05) is 4.72 Å². The highest BCUT2D eigenvalue weighted by atomic mass is 32.2. The van der Waals surface area contributed by atoms with Gasteiger partial charge in [-0.15, -0.1) is 22.7 Å². The third-order valence-electron chi connectivity index (χ3n) is 3.25. The zero-order chi connectivity index (χ0) is 17.9. The van der Waals surface area contributed by atoms with Crippen molar-refractivity contribution in [2.24, 2.45) is 0 Å². The van der Waals surface area contributed by atoms with Crippen LogP contribution in [-0.4, -0.2) is 19.3 Å². The van der Waals surface area contributed by atoms with Crippen molar-refractivity contribution in [2.45, 2.75) is 17.7 Å². The number of hydrogen-bond donors (Lipinski definition) is 2. The van der Waals surface area contributed by atoms with Gasteiger partial charge < -0.3 is 5.32 Å². The minimum absolute atomic E-state index is 0.223. The van der Waals surface area contributed by atoms with Crippen LogP contribution in [0.3, 0.4) is 0 Å². The molecule has 25 heavy (non-hydrogen) atoms. The molecule has 2 heterocycles. The predicted octanol–water partition coefficient (Wildman–Crippen LogP) is 3.24. The molecule has 0 saturated heterocycles. The minimum Gasteiger partial charge on any atom is -0.347 e. The van der Waals surface area contributed by atoms with E-state index in [0.717, 1.165) is 21.2 Å². The third kappa shape index (κ3) is 4.44. The van der Waals surface area contributed by atoms with Gasteiger partial charge in [0.25, 0.3) is 15.9 Å². The van der Waals surface area contributed by atoms with Gasteiger partial charge in [0.05, 0.1) is 11.6 Å². The first-order chi connectivity index (χ1) is 11.9. The second kappa shape index (κ2) is 7.34. The normalized spacial score (nSPS) is 11.2. The summed E-state index contributed by atoms with van der Waals surface area (Å²) in [7, 11) is -3.58. The Bertz CT molecular complexity index is 962. The van der Waals surface area contributed by atoms with Crippen molar-refractivity contribution in [3.05, 3.63) is 63.4 Å². The van der Waals surface area contributed by atoms with Gasteiger partial charge in [-0.1, -0.05) is 6.07 Å². The van der Waals surface area contributed by atoms with E-state index in [1.807, 2.05) is 6.92 Å². The van der Waals surface area contributed by atoms with Crippen molar-refractivity contribution in [3.8, 4) is 0 Å². The molecule has 1 amide bonds. The van der Waals surface area contributed by atoms with E-state index in [0.29, 0.717) is 17.8 Å². The van der Waals surface area contributed by atoms with Crippen molar-refractivity contribution in [3.63, 3.8) is 0 Å². The Kier molecular flexibility index (Phi) is 5.16. The molecule has 0 unspecified atom stereocenters. The Morgan fingerprint density at radius 2 is 1.96 bits per heavy atom. The predicted molar refractivity (Wildman–Crippen MR) is 99.6 cm³/mol. The number of benzene rings is 1. The van der Waals surface area contributed by atoms with Gasteiger partial charge in [0.1, 0.15) is 4.21 Å². The van der Waals surface area contributed by atoms with Crippen LogP contribution in [0.1, 0.15) is 20.2 Å². The van der Waals surface area contributed by atoms with Gasteiger partial charge in [0, 0.05) is 22.3 Å². The van der Waals surface area contributed by atoms with Gasteiger partial charge in [-0.25, -0.2) is 13.4 Å². The van der Waals surface area contributed by atoms with Gasteiger partial charge in [-0.3, -0.25) is 9.52 Å². The smallest absolute Gasteiger partial charge is 0.271 e. The van der Waals surface area contributed by atoms with Gasteiger partial charge >= 0.3 is 0 Å². The van der Waals surface area contributed by atoms with Crippen LogP contribution >= 0.6 is 22.7 Å². The molecule has 1 aromatic carbocycles. The van der Waals surface area contributed by atoms with E-state index in [1.165, 1.54) is 17.4 Å². The van der Waals surface area contributed by atoms with Gasteiger partial charge in [-0.05, 0) is 42.6 Å². The first kappa shape index (κ1) is 17.6. The Morgan fingerprint density at radius 3 is 2.56 bits per heavy atom. The summed E-state index contributed by atoms with van der Waals surface area (Å²) < 4.78 is 27.1. The number of aromatic nitrogens is 1. The number of aryl methyl sites for hydroxylation is 1. The van der Waals surface area contributed by atoms with Crippen LogP contribution in [-0.2, 0) is 16.6 Å². The average molecular weight is 394 g/mol. The van der Waals surface area contributed by atoms with E-state index in [2.05, 4.69) is 15.0 Å². The third-order valence-corrected chi connectivity index (χ3v) is 6.94. The molecule has 6 nitrogen and oxygen atoms in total. The molecular formula is C16H15N3O3S3. The van der Waals surface area contributed by atoms with Gasteiger partial charge in [0.2, 0.25) is 0 Å². The van der Waals surface area contributed by atoms with Crippen LogP contribution in [0.4, 0.5) is 5.69 Å². The largest absolute Gasteiger partial charge is 0.347 e. The van der Waals surface area contributed by atoms with Crippen LogP contribution < -0.4 is 10.0 Å². The molecule has 3 aromatic rings. The topological polar surface area (TPSA) is 88.2 Å². The fraction of sp³-hybridized carbons (Fsp3) is 0.125. The monoisotopic (exact) mass is 393 g/mol. The lowest BCUT2D eigenvalue weighted by Gasteiger charge is -2.08. The Hall–Kier alpha value is -2.23. The fourth-order valence-electron chi connectivity index (χ4n) is 2.07. The van der Waals surface area contributed by atoms with Crippen LogP contribution in [0.15, 0.2) is 52.2 Å². The summed E-state index contributed by atoms with van der Waals surface area (Å²) in [5.74, 6) is -0.223. The summed E-state index contributed by atoms with van der Waals surface area (Å²) in [6, 6.07) is 9.51. The number of thiazole rings is 1. The van der Waals surface area contributed by atoms with E-state index in [-0.39, 0.29) is 10.1 Å². The highest BCUT2D eigenvalue weighted by Gasteiger charge is 2.15. The number of carbonyl (C=O) groups excluding carboxylic acids is 1. The minimum atomic E-state index is -3.58. The molecule has 2 N–H and O–H groups in total. The van der Waals surface area contributed by atoms with E-state index >= 15 is 0 Å². The summed E-state index contributed by atoms with van der Waals surface area (Å²) in [5, 5.41) is 5.46. The van der Waals surface area contributed by atoms with Gasteiger partial charge in [-0.2, -0.15) is 0 Å². The number of nitrogens with one attached hydrogen (secondary N) is 2. The molecule has 0 bridgehead atoms. The second-order valence-corrected chi connectivity index (χ2v) is 9.32. The Balaban J connectivity index is 1.62. The second-order valence-electron chi connectivity index (χ2n) is 5.14. The summed E-state index contributed by atoms with van der Waals surface area (Å²) >= 11 is 2.68. The van der Waals surface area contributed by atoms with Crippen LogP contribution in [0.25, 0.3) is 0 Å². The number of sulfonamides is 1. The molecule has 9 heteroatoms. The maximum absolute atomic E-state index is 12.2. The molecule has 130 valence electrons. The molecule has 0 atom stereocenters. The van der Waals surface area contributed by atoms with Gasteiger partial charge in [0.15, 0.2) is 0 Å². The zero-order valence-corrected chi connectivity index (χ0v) is 15.7. The molecule has 0 spiro atoms. The number of hydrogen-bond acceptors (Lipinski definition) is 6. The van der Waals surface area contributed by atoms with Crippen molar-refractivity contribution in [1.82, 2.24) is 10.3 Å². The van der Waals surface area contributed by atoms with Crippen LogP contribution in [0.2, 0.25) is 0 Å². The van der Waals surface area contributed by atoms with E-state index < -0.39 is 10.0 Å². The number of nitrogens with zero attached hydrogens (tertiary/aromatic N) is 1. The van der Waals surface area contributed by atoms with Crippen LogP contribution in [0, 0.1) is 6.92 Å². The van der Waals surface area contributed by atoms with Crippen LogP contribution in [0.5, 0.6) is 0 Å². The maximum atomic E-state index is 12.2. The maximum Gasteiger partial charge on any atom is 0.271 e. The molecule has 0 aliphatic heterocycles. The lowest BCUT2D eigenvalue weighted by molar-refractivity contribution is 0.0951. The van der Waals surface area contributed by atoms with E-state index in [4.69, 9.17) is 0 Å². The number of carbonyl (C=O) groups is 1. The lowest BCUT2D eigenvalue weighted by Crippen LogP contribution is -2.22. The highest BCUT2D eigenvalue weighted by Crippen LogP contribution is 2.20. The molecule has 2 aromatic heterocycles. The molecule has 0 saturated carbocycles. The first-order valence-corrected chi connectivity index (χ1v) is 10.5. The summed E-state index contributed by atoms with van der Waals surface area (Å²) in [5.41, 5.74) is 0.864. The number of rotatable bonds is 6. The SMILES string of the molecule is Cc1ncc(CNC(=O)c2ccc(NS(=O)(=O)c3cccs3)cc2)s1. The molecule has 3 rings (SSSR count). The number of amides is 1. The van der Waals surface area contributed by atoms with Crippen molar-refractivity contribution in [1.29, 1.82) is 0 Å². The van der Waals surface area contributed by atoms with E-state index in [9.17, 15) is 13.2 Å². The zero-order valence-electron chi connectivity index (χ0n) is 13.2. The Labute approximate surface area is 153 Å². The molecule has 0 aliphatic rings. The number of thiophene rings is 1. The number of anilines is 1. The van der Waals surface area contributed by atoms with Crippen molar-refractivity contribution < 1.29 is 13.2 Å². The molecule has 0 radical (unpaired) electrons.